The van der Waals surface area contributed by atoms with Crippen LogP contribution in [0.4, 0.5) is 5.69 Å². The van der Waals surface area contributed by atoms with Gasteiger partial charge < -0.3 is 10.0 Å². The predicted molar refractivity (Wildman–Crippen MR) is 52.6 cm³/mol. The molecule has 1 unspecified atom stereocenters. The Bertz CT molecular complexity index is 365. The molecule has 0 saturated carbocycles. The Kier molecular flexibility index (Phi) is 2.11. The second-order valence-electron chi connectivity index (χ2n) is 3.57. The van der Waals surface area contributed by atoms with Crippen molar-refractivity contribution < 1.29 is 9.90 Å². The van der Waals surface area contributed by atoms with Gasteiger partial charge in [0.25, 0.3) is 0 Å². The number of nitrogens with zero attached hydrogens (tertiary/aromatic N) is 2. The third-order valence-electron chi connectivity index (χ3n) is 2.62. The van der Waals surface area contributed by atoms with Gasteiger partial charge in [-0.15, -0.1) is 0 Å². The maximum Gasteiger partial charge on any atom is 0.337 e. The molecule has 0 amide bonds. The number of anilines is 1. The van der Waals surface area contributed by atoms with E-state index in [9.17, 15) is 4.79 Å². The second kappa shape index (κ2) is 3.29. The molecule has 1 N–H and O–H groups in total. The van der Waals surface area contributed by atoms with Crippen molar-refractivity contribution in [2.75, 3.05) is 11.4 Å². The van der Waals surface area contributed by atoms with Crippen molar-refractivity contribution in [2.45, 2.75) is 19.4 Å². The van der Waals surface area contributed by atoms with Crippen LogP contribution in [0.2, 0.25) is 0 Å². The molecule has 1 fully saturated rings. The SMILES string of the molecule is CC1CCN1c1cncc(C(=O)O)c1. The summed E-state index contributed by atoms with van der Waals surface area (Å²) in [4.78, 5) is 16.8. The van der Waals surface area contributed by atoms with E-state index in [0.717, 1.165) is 18.7 Å². The highest BCUT2D eigenvalue weighted by Gasteiger charge is 2.24. The topological polar surface area (TPSA) is 53.4 Å². The van der Waals surface area contributed by atoms with Crippen LogP contribution in [0.3, 0.4) is 0 Å². The largest absolute Gasteiger partial charge is 0.478 e. The summed E-state index contributed by atoms with van der Waals surface area (Å²) in [5.74, 6) is -0.924. The van der Waals surface area contributed by atoms with Gasteiger partial charge in [0.2, 0.25) is 0 Å². The minimum absolute atomic E-state index is 0.251. The molecule has 1 aromatic heterocycles. The molecule has 1 aliphatic heterocycles. The van der Waals surface area contributed by atoms with Crippen LogP contribution in [0.1, 0.15) is 23.7 Å². The number of aromatic nitrogens is 1. The molecule has 1 atom stereocenters. The quantitative estimate of drug-likeness (QED) is 0.769. The van der Waals surface area contributed by atoms with Crippen molar-refractivity contribution in [3.05, 3.63) is 24.0 Å². The lowest BCUT2D eigenvalue weighted by molar-refractivity contribution is 0.0696. The van der Waals surface area contributed by atoms with E-state index >= 15 is 0 Å². The first kappa shape index (κ1) is 8.99. The Morgan fingerprint density at radius 1 is 1.64 bits per heavy atom. The lowest BCUT2D eigenvalue weighted by Crippen LogP contribution is -2.45. The molecule has 4 heteroatoms. The van der Waals surface area contributed by atoms with Gasteiger partial charge in [0.05, 0.1) is 17.4 Å². The fourth-order valence-electron chi connectivity index (χ4n) is 1.60. The summed E-state index contributed by atoms with van der Waals surface area (Å²) in [7, 11) is 0. The van der Waals surface area contributed by atoms with E-state index in [4.69, 9.17) is 5.11 Å². The standard InChI is InChI=1S/C10H12N2O2/c1-7-2-3-12(7)9-4-8(10(13)14)5-11-6-9/h4-7H,2-3H2,1H3,(H,13,14). The Morgan fingerprint density at radius 2 is 2.43 bits per heavy atom. The summed E-state index contributed by atoms with van der Waals surface area (Å²) in [6, 6.07) is 2.17. The zero-order valence-corrected chi connectivity index (χ0v) is 7.97. The van der Waals surface area contributed by atoms with Gasteiger partial charge in [0.1, 0.15) is 0 Å². The van der Waals surface area contributed by atoms with Crippen LogP contribution in [0.15, 0.2) is 18.5 Å². The summed E-state index contributed by atoms with van der Waals surface area (Å²) in [6.07, 6.45) is 4.25. The summed E-state index contributed by atoms with van der Waals surface area (Å²) in [6.45, 7) is 3.11. The van der Waals surface area contributed by atoms with Gasteiger partial charge in [0, 0.05) is 18.8 Å². The van der Waals surface area contributed by atoms with Crippen molar-refractivity contribution >= 4 is 11.7 Å². The molecular formula is C10H12N2O2. The first-order valence-electron chi connectivity index (χ1n) is 4.63. The number of aromatic carboxylic acids is 1. The van der Waals surface area contributed by atoms with Gasteiger partial charge in [-0.05, 0) is 19.4 Å². The smallest absolute Gasteiger partial charge is 0.337 e. The van der Waals surface area contributed by atoms with Crippen LogP contribution < -0.4 is 4.90 Å². The average molecular weight is 192 g/mol. The Labute approximate surface area is 82.2 Å². The van der Waals surface area contributed by atoms with Gasteiger partial charge >= 0.3 is 5.97 Å². The van der Waals surface area contributed by atoms with Crippen molar-refractivity contribution in [2.24, 2.45) is 0 Å². The number of hydrogen-bond acceptors (Lipinski definition) is 3. The van der Waals surface area contributed by atoms with Gasteiger partial charge in [-0.1, -0.05) is 0 Å². The van der Waals surface area contributed by atoms with Crippen LogP contribution in [0.25, 0.3) is 0 Å². The molecule has 74 valence electrons. The highest BCUT2D eigenvalue weighted by molar-refractivity contribution is 5.88. The molecule has 2 rings (SSSR count). The highest BCUT2D eigenvalue weighted by Crippen LogP contribution is 2.25. The first-order chi connectivity index (χ1) is 6.68. The molecular weight excluding hydrogens is 180 g/mol. The van der Waals surface area contributed by atoms with E-state index in [1.54, 1.807) is 12.3 Å². The van der Waals surface area contributed by atoms with Crippen LogP contribution >= 0.6 is 0 Å². The number of carboxylic acids is 1. The van der Waals surface area contributed by atoms with E-state index in [-0.39, 0.29) is 5.56 Å². The van der Waals surface area contributed by atoms with Gasteiger partial charge in [-0.2, -0.15) is 0 Å². The monoisotopic (exact) mass is 192 g/mol. The maximum absolute atomic E-state index is 10.7. The molecule has 0 radical (unpaired) electrons. The summed E-state index contributed by atoms with van der Waals surface area (Å²) >= 11 is 0. The molecule has 0 bridgehead atoms. The minimum atomic E-state index is -0.924. The molecule has 4 nitrogen and oxygen atoms in total. The van der Waals surface area contributed by atoms with E-state index in [0.29, 0.717) is 6.04 Å². The third kappa shape index (κ3) is 1.43. The second-order valence-corrected chi connectivity index (χ2v) is 3.57. The predicted octanol–water partition coefficient (Wildman–Crippen LogP) is 1.38. The third-order valence-corrected chi connectivity index (χ3v) is 2.62. The summed E-state index contributed by atoms with van der Waals surface area (Å²) in [5, 5.41) is 8.79. The lowest BCUT2D eigenvalue weighted by atomic mass is 10.0. The minimum Gasteiger partial charge on any atom is -0.478 e. The maximum atomic E-state index is 10.7. The highest BCUT2D eigenvalue weighted by atomic mass is 16.4. The molecule has 14 heavy (non-hydrogen) atoms. The number of pyridine rings is 1. The van der Waals surface area contributed by atoms with Gasteiger partial charge in [-0.3, -0.25) is 4.98 Å². The lowest BCUT2D eigenvalue weighted by Gasteiger charge is -2.40. The molecule has 1 aliphatic rings. The Morgan fingerprint density at radius 3 is 2.93 bits per heavy atom. The van der Waals surface area contributed by atoms with E-state index in [1.165, 1.54) is 6.20 Å². The van der Waals surface area contributed by atoms with E-state index < -0.39 is 5.97 Å². The van der Waals surface area contributed by atoms with Gasteiger partial charge in [0.15, 0.2) is 0 Å². The van der Waals surface area contributed by atoms with E-state index in [2.05, 4.69) is 16.8 Å². The molecule has 0 aromatic carbocycles. The normalized spacial score (nSPS) is 20.4. The van der Waals surface area contributed by atoms with Crippen LogP contribution in [-0.2, 0) is 0 Å². The van der Waals surface area contributed by atoms with Gasteiger partial charge in [-0.25, -0.2) is 4.79 Å². The summed E-state index contributed by atoms with van der Waals surface area (Å²) in [5.41, 5.74) is 1.16. The molecule has 0 spiro atoms. The van der Waals surface area contributed by atoms with Crippen LogP contribution in [0.5, 0.6) is 0 Å². The number of rotatable bonds is 2. The fraction of sp³-hybridized carbons (Fsp3) is 0.400. The van der Waals surface area contributed by atoms with Crippen LogP contribution in [0, 0.1) is 0 Å². The number of carboxylic acid groups (broad SMARTS) is 1. The average Bonchev–Trinajstić information content (AvgIpc) is 2.16. The number of hydrogen-bond donors (Lipinski definition) is 1. The first-order valence-corrected chi connectivity index (χ1v) is 4.63. The zero-order valence-electron chi connectivity index (χ0n) is 7.97. The number of carbonyl (C=O) groups is 1. The molecule has 1 saturated heterocycles. The van der Waals surface area contributed by atoms with Crippen molar-refractivity contribution in [3.63, 3.8) is 0 Å². The van der Waals surface area contributed by atoms with Crippen molar-refractivity contribution in [1.82, 2.24) is 4.98 Å². The molecule has 2 heterocycles. The fourth-order valence-corrected chi connectivity index (χ4v) is 1.60. The van der Waals surface area contributed by atoms with Crippen LogP contribution in [-0.4, -0.2) is 28.6 Å². The van der Waals surface area contributed by atoms with E-state index in [1.807, 2.05) is 0 Å². The molecule has 0 aliphatic carbocycles. The zero-order chi connectivity index (χ0) is 10.1. The van der Waals surface area contributed by atoms with Crippen molar-refractivity contribution in [3.8, 4) is 0 Å². The molecule has 1 aromatic rings. The summed E-state index contributed by atoms with van der Waals surface area (Å²) < 4.78 is 0. The Balaban J connectivity index is 2.26. The Hall–Kier alpha value is -1.58. The van der Waals surface area contributed by atoms with Crippen molar-refractivity contribution in [1.29, 1.82) is 0 Å².